The lowest BCUT2D eigenvalue weighted by Crippen LogP contribution is -1.90. The van der Waals surface area contributed by atoms with Crippen molar-refractivity contribution in [3.05, 3.63) is 260 Å². The highest BCUT2D eigenvalue weighted by Gasteiger charge is 2.05. The van der Waals surface area contributed by atoms with Crippen LogP contribution in [0, 0.1) is 6.92 Å². The maximum atomic E-state index is 3.76. The maximum absolute atomic E-state index is 3.76. The van der Waals surface area contributed by atoms with Crippen LogP contribution in [0.5, 0.6) is 0 Å². The number of hydrogen-bond donors (Lipinski definition) is 0. The van der Waals surface area contributed by atoms with Crippen molar-refractivity contribution >= 4 is 5.57 Å². The van der Waals surface area contributed by atoms with E-state index in [0.29, 0.717) is 5.92 Å². The van der Waals surface area contributed by atoms with Gasteiger partial charge in [0.25, 0.3) is 0 Å². The fourth-order valence-electron chi connectivity index (χ4n) is 7.00. The highest BCUT2D eigenvalue weighted by Crippen LogP contribution is 2.28. The van der Waals surface area contributed by atoms with E-state index in [4.69, 9.17) is 0 Å². The minimum atomic E-state index is 0.634. The largest absolute Gasteiger partial charge is 0.0990 e. The predicted molar refractivity (Wildman–Crippen MR) is 263 cm³/mol. The van der Waals surface area contributed by atoms with Gasteiger partial charge in [0.05, 0.1) is 0 Å². The first-order chi connectivity index (χ1) is 29.4. The van der Waals surface area contributed by atoms with Crippen molar-refractivity contribution in [2.45, 2.75) is 40.0 Å². The molecular weight excluding hydrogens is 721 g/mol. The molecule has 0 aromatic heterocycles. The van der Waals surface area contributed by atoms with E-state index < -0.39 is 0 Å². The standard InChI is InChI=1S/C22H22.C19H16.C19H18/c1-3-17(2)18-9-11-21(12-10-18)22-15-13-20(14-16-22)19-7-5-4-6-8-19;1-15-7-9-17(10-8-15)19-13-11-18(12-14-19)16-5-3-2-4-6-16;1-3-8-16(9-4-2)18-12-14-19(15-13-18)17-10-6-5-7-11-17/h4-17H,3H2,1-2H3;2-14H,1H3;3-15H,1H2,2H3/b;;9-4-,16-8+. The summed E-state index contributed by atoms with van der Waals surface area (Å²) in [6.45, 7) is 12.4. The zero-order valence-corrected chi connectivity index (χ0v) is 35.5. The molecule has 0 heteroatoms. The van der Waals surface area contributed by atoms with E-state index in [9.17, 15) is 0 Å². The van der Waals surface area contributed by atoms with Crippen LogP contribution in [0.15, 0.2) is 243 Å². The van der Waals surface area contributed by atoms with E-state index in [1.807, 2.05) is 37.3 Å². The molecule has 0 bridgehead atoms. The topological polar surface area (TPSA) is 0 Å². The zero-order valence-electron chi connectivity index (χ0n) is 35.5. The van der Waals surface area contributed by atoms with Crippen LogP contribution in [0.4, 0.5) is 0 Å². The van der Waals surface area contributed by atoms with E-state index in [1.165, 1.54) is 84.3 Å². The van der Waals surface area contributed by atoms with Gasteiger partial charge in [-0.05, 0) is 98.5 Å². The summed E-state index contributed by atoms with van der Waals surface area (Å²) < 4.78 is 0. The first-order valence-electron chi connectivity index (χ1n) is 21.0. The quantitative estimate of drug-likeness (QED) is 0.121. The summed E-state index contributed by atoms with van der Waals surface area (Å²) in [5, 5.41) is 0. The lowest BCUT2D eigenvalue weighted by Gasteiger charge is -2.10. The van der Waals surface area contributed by atoms with E-state index >= 15 is 0 Å². The minimum Gasteiger partial charge on any atom is -0.0990 e. The smallest absolute Gasteiger partial charge is 0.0184 e. The van der Waals surface area contributed by atoms with Gasteiger partial charge in [-0.2, -0.15) is 0 Å². The van der Waals surface area contributed by atoms with Crippen LogP contribution in [0.25, 0.3) is 61.2 Å². The summed E-state index contributed by atoms with van der Waals surface area (Å²) in [5.74, 6) is 0.634. The molecule has 0 aliphatic rings. The number of benzene rings is 8. The first kappa shape index (κ1) is 42.6. The summed E-state index contributed by atoms with van der Waals surface area (Å²) in [6, 6.07) is 75.2. The molecule has 0 nitrogen and oxygen atoms in total. The molecule has 0 fully saturated rings. The summed E-state index contributed by atoms with van der Waals surface area (Å²) in [4.78, 5) is 0. The Balaban J connectivity index is 0.000000152. The number of allylic oxidation sites excluding steroid dienone is 5. The molecule has 0 amide bonds. The molecule has 8 rings (SSSR count). The van der Waals surface area contributed by atoms with Gasteiger partial charge in [0.2, 0.25) is 0 Å². The van der Waals surface area contributed by atoms with E-state index in [1.54, 1.807) is 0 Å². The van der Waals surface area contributed by atoms with Gasteiger partial charge in [-0.15, -0.1) is 0 Å². The van der Waals surface area contributed by atoms with Gasteiger partial charge >= 0.3 is 0 Å². The second-order valence-corrected chi connectivity index (χ2v) is 15.0. The fraction of sp³-hybridized carbons (Fsp3) is 0.100. The molecule has 0 saturated carbocycles. The average Bonchev–Trinajstić information content (AvgIpc) is 3.33. The molecule has 0 saturated heterocycles. The van der Waals surface area contributed by atoms with Gasteiger partial charge in [0, 0.05) is 0 Å². The van der Waals surface area contributed by atoms with E-state index in [2.05, 4.69) is 234 Å². The van der Waals surface area contributed by atoms with E-state index in [0.717, 1.165) is 0 Å². The fourth-order valence-corrected chi connectivity index (χ4v) is 7.00. The Hall–Kier alpha value is -7.02. The SMILES string of the molecule is C=C/C=C(\C=C/C)c1ccc(-c2ccccc2)cc1.CCC(C)c1ccc(-c2ccc(-c3ccccc3)cc2)cc1.Cc1ccc(-c2ccc(-c3ccccc3)cc2)cc1. The zero-order chi connectivity index (χ0) is 41.9. The van der Waals surface area contributed by atoms with Crippen LogP contribution in [0.1, 0.15) is 49.8 Å². The van der Waals surface area contributed by atoms with Crippen LogP contribution < -0.4 is 0 Å². The molecule has 0 radical (unpaired) electrons. The van der Waals surface area contributed by atoms with E-state index in [-0.39, 0.29) is 0 Å². The number of rotatable bonds is 10. The lowest BCUT2D eigenvalue weighted by atomic mass is 9.95. The minimum absolute atomic E-state index is 0.634. The number of hydrogen-bond acceptors (Lipinski definition) is 0. The molecule has 8 aromatic rings. The molecule has 0 aliphatic heterocycles. The maximum Gasteiger partial charge on any atom is -0.0184 e. The molecular formula is C60H56. The Morgan fingerprint density at radius 3 is 1.05 bits per heavy atom. The third-order valence-corrected chi connectivity index (χ3v) is 10.8. The normalized spacial score (nSPS) is 11.4. The van der Waals surface area contributed by atoms with Crippen molar-refractivity contribution in [3.8, 4) is 55.6 Å². The van der Waals surface area contributed by atoms with Crippen LogP contribution in [0.2, 0.25) is 0 Å². The third-order valence-electron chi connectivity index (χ3n) is 10.8. The van der Waals surface area contributed by atoms with Crippen molar-refractivity contribution in [1.29, 1.82) is 0 Å². The number of aryl methyl sites for hydroxylation is 1. The molecule has 0 heterocycles. The monoisotopic (exact) mass is 776 g/mol. The lowest BCUT2D eigenvalue weighted by molar-refractivity contribution is 0.734. The van der Waals surface area contributed by atoms with Crippen molar-refractivity contribution in [3.63, 3.8) is 0 Å². The van der Waals surface area contributed by atoms with Crippen molar-refractivity contribution < 1.29 is 0 Å². The Morgan fingerprint density at radius 1 is 0.433 bits per heavy atom. The Kier molecular flexibility index (Phi) is 15.8. The Morgan fingerprint density at radius 2 is 0.733 bits per heavy atom. The van der Waals surface area contributed by atoms with Crippen LogP contribution in [0.3, 0.4) is 0 Å². The predicted octanol–water partition coefficient (Wildman–Crippen LogP) is 17.4. The van der Waals surface area contributed by atoms with Gasteiger partial charge in [-0.25, -0.2) is 0 Å². The van der Waals surface area contributed by atoms with Crippen LogP contribution >= 0.6 is 0 Å². The van der Waals surface area contributed by atoms with Gasteiger partial charge in [0.1, 0.15) is 0 Å². The highest BCUT2D eigenvalue weighted by atomic mass is 14.1. The summed E-state index contributed by atoms with van der Waals surface area (Å²) in [6.07, 6.45) is 9.17. The highest BCUT2D eigenvalue weighted by molar-refractivity contribution is 5.77. The third kappa shape index (κ3) is 12.0. The molecule has 8 aromatic carbocycles. The summed E-state index contributed by atoms with van der Waals surface area (Å²) in [7, 11) is 0. The average molecular weight is 777 g/mol. The second kappa shape index (κ2) is 22.2. The molecule has 0 spiro atoms. The molecule has 1 unspecified atom stereocenters. The Bertz CT molecular complexity index is 2520. The molecule has 0 aliphatic carbocycles. The van der Waals surface area contributed by atoms with Gasteiger partial charge in [0.15, 0.2) is 0 Å². The van der Waals surface area contributed by atoms with Crippen molar-refractivity contribution in [1.82, 2.24) is 0 Å². The molecule has 1 atom stereocenters. The first-order valence-corrected chi connectivity index (χ1v) is 21.0. The van der Waals surface area contributed by atoms with Gasteiger partial charge < -0.3 is 0 Å². The van der Waals surface area contributed by atoms with Crippen molar-refractivity contribution in [2.75, 3.05) is 0 Å². The summed E-state index contributed by atoms with van der Waals surface area (Å²) in [5.41, 5.74) is 17.7. The van der Waals surface area contributed by atoms with Gasteiger partial charge in [-0.1, -0.05) is 263 Å². The molecule has 296 valence electrons. The van der Waals surface area contributed by atoms with Crippen LogP contribution in [-0.4, -0.2) is 0 Å². The van der Waals surface area contributed by atoms with Gasteiger partial charge in [-0.3, -0.25) is 0 Å². The molecule has 0 N–H and O–H groups in total. The second-order valence-electron chi connectivity index (χ2n) is 15.0. The van der Waals surface area contributed by atoms with Crippen molar-refractivity contribution in [2.24, 2.45) is 0 Å². The molecule has 60 heavy (non-hydrogen) atoms. The van der Waals surface area contributed by atoms with Crippen LogP contribution in [-0.2, 0) is 0 Å². The Labute approximate surface area is 359 Å². The summed E-state index contributed by atoms with van der Waals surface area (Å²) >= 11 is 0.